The zero-order chi connectivity index (χ0) is 11.7. The van der Waals surface area contributed by atoms with E-state index in [0.717, 1.165) is 5.39 Å². The van der Waals surface area contributed by atoms with E-state index in [0.29, 0.717) is 10.4 Å². The zero-order valence-corrected chi connectivity index (χ0v) is 11.9. The Labute approximate surface area is 125 Å². The summed E-state index contributed by atoms with van der Waals surface area (Å²) in [4.78, 5) is 10.4. The molecule has 0 fully saturated rings. The minimum absolute atomic E-state index is 0. The fraction of sp³-hybridized carbons (Fsp3) is 0.0833. The van der Waals surface area contributed by atoms with Crippen LogP contribution in [0.2, 0.25) is 5.02 Å². The minimum Gasteiger partial charge on any atom is -0.547 e. The molecular weight excluding hydrogens is 254 g/mol. The Bertz CT molecular complexity index is 559. The van der Waals surface area contributed by atoms with E-state index in [-0.39, 0.29) is 35.1 Å². The summed E-state index contributed by atoms with van der Waals surface area (Å²) in [5.74, 6) is -1.74. The molecule has 0 radical (unpaired) electrons. The van der Waals surface area contributed by atoms with Crippen LogP contribution in [0, 0.1) is 0 Å². The molecule has 82 valence electrons. The predicted octanol–water partition coefficient (Wildman–Crippen LogP) is -0.742. The number of rotatable bonds is 2. The molecule has 0 bridgehead atoms. The van der Waals surface area contributed by atoms with Gasteiger partial charge in [0.25, 0.3) is 0 Å². The number of hydrogen-bond acceptors (Lipinski definition) is 2. The summed E-state index contributed by atoms with van der Waals surface area (Å²) in [6.07, 6.45) is -2.12. The second-order valence-electron chi connectivity index (χ2n) is 3.40. The second-order valence-corrected chi connectivity index (χ2v) is 3.81. The summed E-state index contributed by atoms with van der Waals surface area (Å²) in [5, 5.41) is 12.3. The number of carboxylic acids is 1. The van der Waals surface area contributed by atoms with E-state index in [1.165, 1.54) is 12.1 Å². The van der Waals surface area contributed by atoms with Crippen molar-refractivity contribution in [1.82, 2.24) is 0 Å². The van der Waals surface area contributed by atoms with Gasteiger partial charge in [0.2, 0.25) is 0 Å². The van der Waals surface area contributed by atoms with Crippen LogP contribution in [-0.2, 0) is 4.79 Å². The van der Waals surface area contributed by atoms with Crippen molar-refractivity contribution in [3.8, 4) is 0 Å². The number of carboxylic acid groups (broad SMARTS) is 1. The van der Waals surface area contributed by atoms with Crippen LogP contribution in [0.25, 0.3) is 10.8 Å². The Kier molecular flexibility index (Phi) is 4.95. The van der Waals surface area contributed by atoms with Gasteiger partial charge in [-0.15, -0.1) is 0 Å². The number of carbonyl (C=O) groups is 1. The number of halogens is 2. The van der Waals surface area contributed by atoms with Crippen molar-refractivity contribution in [2.75, 3.05) is 0 Å². The quantitative estimate of drug-likeness (QED) is 0.667. The molecule has 0 saturated carbocycles. The number of fused-ring (bicyclic) bond motifs is 1. The summed E-state index contributed by atoms with van der Waals surface area (Å²) >= 11 is 5.93. The zero-order valence-electron chi connectivity index (χ0n) is 9.11. The van der Waals surface area contributed by atoms with Gasteiger partial charge in [-0.25, -0.2) is 4.39 Å². The summed E-state index contributed by atoms with van der Waals surface area (Å²) < 4.78 is 13.2. The van der Waals surface area contributed by atoms with E-state index in [4.69, 9.17) is 11.6 Å². The van der Waals surface area contributed by atoms with E-state index in [2.05, 4.69) is 0 Å². The van der Waals surface area contributed by atoms with Crippen molar-refractivity contribution in [2.45, 2.75) is 6.17 Å². The molecular formula is C12H7ClFNaO2. The van der Waals surface area contributed by atoms with Crippen molar-refractivity contribution in [3.05, 3.63) is 47.0 Å². The predicted molar refractivity (Wildman–Crippen MR) is 57.8 cm³/mol. The second kappa shape index (κ2) is 5.83. The topological polar surface area (TPSA) is 40.1 Å². The fourth-order valence-corrected chi connectivity index (χ4v) is 1.78. The first-order valence-electron chi connectivity index (χ1n) is 4.62. The maximum absolute atomic E-state index is 13.2. The molecule has 0 N–H and O–H groups in total. The molecule has 0 spiro atoms. The van der Waals surface area contributed by atoms with Gasteiger partial charge < -0.3 is 9.90 Å². The van der Waals surface area contributed by atoms with Crippen LogP contribution in [0.4, 0.5) is 4.39 Å². The standard InChI is InChI=1S/C12H8ClFO2.Na/c13-10-3-1-2-7-4-5-8(6-9(7)10)11(14)12(15)16;/h1-6,11H,(H,15,16);/q;+1/p-1. The Hall–Kier alpha value is -0.610. The normalized spacial score (nSPS) is 11.9. The maximum atomic E-state index is 13.2. The van der Waals surface area contributed by atoms with Crippen LogP contribution in [0.5, 0.6) is 0 Å². The first-order chi connectivity index (χ1) is 7.59. The van der Waals surface area contributed by atoms with Gasteiger partial charge in [-0.05, 0) is 23.1 Å². The maximum Gasteiger partial charge on any atom is 1.00 e. The Morgan fingerprint density at radius 3 is 2.65 bits per heavy atom. The first-order valence-corrected chi connectivity index (χ1v) is 5.00. The van der Waals surface area contributed by atoms with Crippen LogP contribution in [-0.4, -0.2) is 5.97 Å². The van der Waals surface area contributed by atoms with Gasteiger partial charge in [-0.1, -0.05) is 35.9 Å². The van der Waals surface area contributed by atoms with Gasteiger partial charge in [-0.3, -0.25) is 0 Å². The number of benzene rings is 2. The molecule has 5 heteroatoms. The van der Waals surface area contributed by atoms with Crippen LogP contribution in [0.1, 0.15) is 11.7 Å². The third-order valence-corrected chi connectivity index (χ3v) is 2.68. The molecule has 2 aromatic rings. The van der Waals surface area contributed by atoms with Crippen molar-refractivity contribution in [3.63, 3.8) is 0 Å². The van der Waals surface area contributed by atoms with E-state index in [1.54, 1.807) is 18.2 Å². The average molecular weight is 261 g/mol. The van der Waals surface area contributed by atoms with Crippen molar-refractivity contribution < 1.29 is 43.8 Å². The molecule has 1 unspecified atom stereocenters. The van der Waals surface area contributed by atoms with E-state index in [1.807, 2.05) is 6.07 Å². The minimum atomic E-state index is -2.12. The number of hydrogen-bond donors (Lipinski definition) is 0. The molecule has 2 rings (SSSR count). The summed E-state index contributed by atoms with van der Waals surface area (Å²) in [6.45, 7) is 0. The monoisotopic (exact) mass is 260 g/mol. The molecule has 2 aromatic carbocycles. The van der Waals surface area contributed by atoms with E-state index < -0.39 is 12.1 Å². The SMILES string of the molecule is O=C([O-])C(F)c1ccc2cccc(Cl)c2c1.[Na+]. The fourth-order valence-electron chi connectivity index (χ4n) is 1.55. The molecule has 0 aliphatic heterocycles. The Morgan fingerprint density at radius 2 is 2.00 bits per heavy atom. The Balaban J connectivity index is 0.00000144. The number of alkyl halides is 1. The molecule has 2 nitrogen and oxygen atoms in total. The third kappa shape index (κ3) is 2.99. The van der Waals surface area contributed by atoms with E-state index >= 15 is 0 Å². The molecule has 0 aliphatic carbocycles. The molecule has 0 heterocycles. The van der Waals surface area contributed by atoms with Crippen LogP contribution in [0.15, 0.2) is 36.4 Å². The van der Waals surface area contributed by atoms with E-state index in [9.17, 15) is 14.3 Å². The Morgan fingerprint density at radius 1 is 1.29 bits per heavy atom. The molecule has 0 saturated heterocycles. The largest absolute Gasteiger partial charge is 1.00 e. The van der Waals surface area contributed by atoms with Gasteiger partial charge in [-0.2, -0.15) is 0 Å². The van der Waals surface area contributed by atoms with Gasteiger partial charge in [0.1, 0.15) is 0 Å². The number of aliphatic carboxylic acids is 1. The van der Waals surface area contributed by atoms with Crippen molar-refractivity contribution in [1.29, 1.82) is 0 Å². The summed E-state index contributed by atoms with van der Waals surface area (Å²) in [5.41, 5.74) is 0.0422. The third-order valence-electron chi connectivity index (χ3n) is 2.35. The van der Waals surface area contributed by atoms with Gasteiger partial charge >= 0.3 is 29.6 Å². The first kappa shape index (κ1) is 14.5. The summed E-state index contributed by atoms with van der Waals surface area (Å²) in [7, 11) is 0. The average Bonchev–Trinajstić information content (AvgIpc) is 2.28. The number of carbonyl (C=O) groups excluding carboxylic acids is 1. The summed E-state index contributed by atoms with van der Waals surface area (Å²) in [6, 6.07) is 9.73. The van der Waals surface area contributed by atoms with Crippen LogP contribution < -0.4 is 34.7 Å². The molecule has 0 aliphatic rings. The molecule has 17 heavy (non-hydrogen) atoms. The van der Waals surface area contributed by atoms with Crippen molar-refractivity contribution >= 4 is 28.3 Å². The molecule has 1 atom stereocenters. The molecule has 0 amide bonds. The van der Waals surface area contributed by atoms with Gasteiger partial charge in [0.15, 0.2) is 6.17 Å². The van der Waals surface area contributed by atoms with Gasteiger partial charge in [0.05, 0.1) is 5.97 Å². The van der Waals surface area contributed by atoms with Crippen LogP contribution in [0.3, 0.4) is 0 Å². The van der Waals surface area contributed by atoms with Crippen molar-refractivity contribution in [2.24, 2.45) is 0 Å². The smallest absolute Gasteiger partial charge is 0.547 e. The molecule has 0 aromatic heterocycles. The van der Waals surface area contributed by atoms with Gasteiger partial charge in [0, 0.05) is 10.4 Å². The van der Waals surface area contributed by atoms with Crippen LogP contribution >= 0.6 is 11.6 Å².